The molecule has 2 N–H and O–H groups in total. The minimum Gasteiger partial charge on any atom is -0.393 e. The van der Waals surface area contributed by atoms with Crippen molar-refractivity contribution in [3.05, 3.63) is 35.9 Å². The molecule has 0 aromatic heterocycles. The Hall–Kier alpha value is -1.19. The van der Waals surface area contributed by atoms with Crippen LogP contribution in [0.5, 0.6) is 0 Å². The molecule has 0 bridgehead atoms. The number of aliphatic hydroxyl groups excluding tert-OH is 2. The molecule has 0 heterocycles. The number of benzene rings is 1. The van der Waals surface area contributed by atoms with E-state index in [0.717, 1.165) is 43.6 Å². The van der Waals surface area contributed by atoms with Crippen LogP contribution in [0.2, 0.25) is 0 Å². The number of fused-ring (bicyclic) bond motifs is 5. The summed E-state index contributed by atoms with van der Waals surface area (Å²) in [4.78, 5) is 12.7. The molecular formula is C30H44O3. The van der Waals surface area contributed by atoms with E-state index in [2.05, 4.69) is 20.8 Å². The lowest BCUT2D eigenvalue weighted by Crippen LogP contribution is -2.58. The normalized spacial score (nSPS) is 45.5. The zero-order valence-corrected chi connectivity index (χ0v) is 20.9. The Labute approximate surface area is 200 Å². The van der Waals surface area contributed by atoms with Gasteiger partial charge in [-0.2, -0.15) is 0 Å². The molecule has 10 atom stereocenters. The summed E-state index contributed by atoms with van der Waals surface area (Å²) in [6, 6.07) is 9.69. The van der Waals surface area contributed by atoms with E-state index in [-0.39, 0.29) is 28.8 Å². The summed E-state index contributed by atoms with van der Waals surface area (Å²) in [7, 11) is 0. The largest absolute Gasteiger partial charge is 0.393 e. The minimum absolute atomic E-state index is 0.0201. The summed E-state index contributed by atoms with van der Waals surface area (Å²) in [5.74, 6) is 3.75. The molecule has 5 rings (SSSR count). The van der Waals surface area contributed by atoms with Crippen molar-refractivity contribution in [2.45, 2.75) is 97.2 Å². The van der Waals surface area contributed by atoms with Gasteiger partial charge in [0.2, 0.25) is 0 Å². The van der Waals surface area contributed by atoms with Gasteiger partial charge in [0.1, 0.15) is 0 Å². The molecule has 0 amide bonds. The van der Waals surface area contributed by atoms with Crippen LogP contribution in [0.1, 0.15) is 95.3 Å². The predicted octanol–water partition coefficient (Wildman–Crippen LogP) is 6.28. The maximum Gasteiger partial charge on any atom is 0.162 e. The standard InChI is InChI=1S/C30H44O3/c1-19(9-14-27(32)20-7-5-4-6-8-20)24-12-13-25-23-11-10-21-17-22(31)15-16-29(21,2)26(23)18-28(33)30(24,25)3/h4-8,19,21-26,28,31,33H,9-18H2,1-3H3/t19-,21+,22+,23+,24-,25+,26+,28-,29+,30-/m1/s1. The van der Waals surface area contributed by atoms with Crippen LogP contribution in [-0.2, 0) is 0 Å². The maximum absolute atomic E-state index is 12.7. The lowest BCUT2D eigenvalue weighted by molar-refractivity contribution is -0.174. The molecule has 1 aromatic rings. The molecule has 3 nitrogen and oxygen atoms in total. The number of carbonyl (C=O) groups excluding carboxylic acids is 1. The molecule has 4 saturated carbocycles. The van der Waals surface area contributed by atoms with E-state index in [4.69, 9.17) is 0 Å². The first kappa shape index (κ1) is 23.5. The summed E-state index contributed by atoms with van der Waals surface area (Å²) in [6.07, 6.45) is 10.1. The highest BCUT2D eigenvalue weighted by Gasteiger charge is 2.63. The number of Topliss-reactive ketones (excluding diaryl/α,β-unsaturated/α-hetero) is 1. The summed E-state index contributed by atoms with van der Waals surface area (Å²) in [6.45, 7) is 7.21. The van der Waals surface area contributed by atoms with E-state index >= 15 is 0 Å². The Bertz CT molecular complexity index is 851. The van der Waals surface area contributed by atoms with Crippen LogP contribution < -0.4 is 0 Å². The number of carbonyl (C=O) groups is 1. The van der Waals surface area contributed by atoms with E-state index in [1.807, 2.05) is 30.3 Å². The second-order valence-corrected chi connectivity index (χ2v) is 12.7. The van der Waals surface area contributed by atoms with E-state index < -0.39 is 0 Å². The van der Waals surface area contributed by atoms with E-state index in [0.29, 0.717) is 36.0 Å². The second-order valence-electron chi connectivity index (χ2n) is 12.7. The molecule has 0 aliphatic heterocycles. The topological polar surface area (TPSA) is 57.5 Å². The molecule has 0 radical (unpaired) electrons. The Balaban J connectivity index is 1.30. The molecule has 0 spiro atoms. The highest BCUT2D eigenvalue weighted by molar-refractivity contribution is 5.95. The van der Waals surface area contributed by atoms with Crippen molar-refractivity contribution in [3.8, 4) is 0 Å². The van der Waals surface area contributed by atoms with Crippen molar-refractivity contribution in [2.75, 3.05) is 0 Å². The van der Waals surface area contributed by atoms with Gasteiger partial charge in [-0.1, -0.05) is 51.1 Å². The van der Waals surface area contributed by atoms with Crippen molar-refractivity contribution in [3.63, 3.8) is 0 Å². The first-order valence-corrected chi connectivity index (χ1v) is 13.7. The van der Waals surface area contributed by atoms with Gasteiger partial charge in [-0.15, -0.1) is 0 Å². The minimum atomic E-state index is -0.244. The number of rotatable bonds is 5. The highest BCUT2D eigenvalue weighted by Crippen LogP contribution is 2.68. The SMILES string of the molecule is C[C@H](CCC(=O)c1ccccc1)[C@H]1CC[C@H]2[C@@H]3CC[C@H]4C[C@@H](O)CC[C@]4(C)[C@H]3C[C@@H](O)[C@]12C. The van der Waals surface area contributed by atoms with Crippen molar-refractivity contribution in [1.82, 2.24) is 0 Å². The molecule has 4 aliphatic rings. The fourth-order valence-corrected chi connectivity index (χ4v) is 9.49. The second kappa shape index (κ2) is 8.79. The van der Waals surface area contributed by atoms with Gasteiger partial charge >= 0.3 is 0 Å². The Kier molecular flexibility index (Phi) is 6.27. The third-order valence-electron chi connectivity index (χ3n) is 11.4. The van der Waals surface area contributed by atoms with E-state index in [1.54, 1.807) is 0 Å². The molecule has 4 fully saturated rings. The summed E-state index contributed by atoms with van der Waals surface area (Å²) >= 11 is 0. The quantitative estimate of drug-likeness (QED) is 0.517. The van der Waals surface area contributed by atoms with Gasteiger partial charge in [0.15, 0.2) is 5.78 Å². The van der Waals surface area contributed by atoms with Crippen LogP contribution >= 0.6 is 0 Å². The van der Waals surface area contributed by atoms with Crippen molar-refractivity contribution in [1.29, 1.82) is 0 Å². The van der Waals surface area contributed by atoms with Crippen LogP contribution in [0.15, 0.2) is 30.3 Å². The molecule has 1 aromatic carbocycles. The number of ketones is 1. The van der Waals surface area contributed by atoms with Crippen LogP contribution in [-0.4, -0.2) is 28.2 Å². The molecule has 0 unspecified atom stereocenters. The van der Waals surface area contributed by atoms with Crippen LogP contribution in [0.25, 0.3) is 0 Å². The van der Waals surface area contributed by atoms with Crippen LogP contribution in [0, 0.1) is 46.3 Å². The molecule has 182 valence electrons. The summed E-state index contributed by atoms with van der Waals surface area (Å²) in [5.41, 5.74) is 1.09. The van der Waals surface area contributed by atoms with Crippen molar-refractivity contribution >= 4 is 5.78 Å². The zero-order chi connectivity index (χ0) is 23.4. The highest BCUT2D eigenvalue weighted by atomic mass is 16.3. The lowest BCUT2D eigenvalue weighted by Gasteiger charge is -2.62. The Morgan fingerprint density at radius 1 is 1.00 bits per heavy atom. The molecule has 0 saturated heterocycles. The maximum atomic E-state index is 12.7. The lowest BCUT2D eigenvalue weighted by atomic mass is 9.43. The number of hydrogen-bond acceptors (Lipinski definition) is 3. The van der Waals surface area contributed by atoms with Gasteiger partial charge in [0, 0.05) is 12.0 Å². The average Bonchev–Trinajstić information content (AvgIpc) is 3.18. The van der Waals surface area contributed by atoms with Gasteiger partial charge in [0.05, 0.1) is 12.2 Å². The smallest absolute Gasteiger partial charge is 0.162 e. The first-order valence-electron chi connectivity index (χ1n) is 13.7. The first-order chi connectivity index (χ1) is 15.7. The monoisotopic (exact) mass is 452 g/mol. The van der Waals surface area contributed by atoms with Gasteiger partial charge in [-0.25, -0.2) is 0 Å². The average molecular weight is 453 g/mol. The van der Waals surface area contributed by atoms with E-state index in [1.165, 1.54) is 25.7 Å². The summed E-state index contributed by atoms with van der Waals surface area (Å²) in [5, 5.41) is 22.0. The molecule has 4 aliphatic carbocycles. The number of hydrogen-bond donors (Lipinski definition) is 2. The fourth-order valence-electron chi connectivity index (χ4n) is 9.49. The van der Waals surface area contributed by atoms with Crippen molar-refractivity contribution < 1.29 is 15.0 Å². The number of aliphatic hydroxyl groups is 2. The third-order valence-corrected chi connectivity index (χ3v) is 11.4. The fraction of sp³-hybridized carbons (Fsp3) is 0.767. The van der Waals surface area contributed by atoms with Gasteiger partial charge in [-0.3, -0.25) is 4.79 Å². The predicted molar refractivity (Wildman–Crippen MR) is 132 cm³/mol. The van der Waals surface area contributed by atoms with Crippen molar-refractivity contribution in [2.24, 2.45) is 46.3 Å². The zero-order valence-electron chi connectivity index (χ0n) is 20.9. The Morgan fingerprint density at radius 2 is 1.76 bits per heavy atom. The Morgan fingerprint density at radius 3 is 2.52 bits per heavy atom. The van der Waals surface area contributed by atoms with Gasteiger partial charge < -0.3 is 10.2 Å². The molecule has 3 heteroatoms. The third kappa shape index (κ3) is 3.82. The summed E-state index contributed by atoms with van der Waals surface area (Å²) < 4.78 is 0. The van der Waals surface area contributed by atoms with E-state index in [9.17, 15) is 15.0 Å². The van der Waals surface area contributed by atoms with Crippen LogP contribution in [0.4, 0.5) is 0 Å². The van der Waals surface area contributed by atoms with Gasteiger partial charge in [-0.05, 0) is 104 Å². The molecule has 33 heavy (non-hydrogen) atoms. The van der Waals surface area contributed by atoms with Gasteiger partial charge in [0.25, 0.3) is 0 Å². The van der Waals surface area contributed by atoms with Crippen LogP contribution in [0.3, 0.4) is 0 Å². The molecular weight excluding hydrogens is 408 g/mol.